The van der Waals surface area contributed by atoms with Crippen LogP contribution >= 0.6 is 0 Å². The number of piperidine rings is 1. The van der Waals surface area contributed by atoms with Crippen LogP contribution in [0.25, 0.3) is 0 Å². The Hall–Kier alpha value is -0.570. The van der Waals surface area contributed by atoms with Gasteiger partial charge in [-0.05, 0) is 19.3 Å². The molecule has 1 heterocycles. The Morgan fingerprint density at radius 3 is 2.50 bits per heavy atom. The summed E-state index contributed by atoms with van der Waals surface area (Å²) in [4.78, 5) is 11.9. The van der Waals surface area contributed by atoms with Crippen molar-refractivity contribution in [1.29, 1.82) is 0 Å². The molecular formula is C9H17NO2. The molecule has 0 saturated carbocycles. The largest absolute Gasteiger partial charge is 0.550 e. The summed E-state index contributed by atoms with van der Waals surface area (Å²) in [5, 5.41) is 10.4. The normalized spacial score (nSPS) is 22.1. The van der Waals surface area contributed by atoms with Crippen molar-refractivity contribution in [2.45, 2.75) is 26.2 Å². The fourth-order valence-corrected chi connectivity index (χ4v) is 1.77. The summed E-state index contributed by atoms with van der Waals surface area (Å²) in [7, 11) is 0. The Kier molecular flexibility index (Phi) is 3.53. The second-order valence-corrected chi connectivity index (χ2v) is 3.73. The number of likely N-dealkylation sites (tertiary alicyclic amines) is 1. The van der Waals surface area contributed by atoms with Crippen LogP contribution in [0, 0.1) is 5.92 Å². The maximum absolute atomic E-state index is 10.4. The first kappa shape index (κ1) is 9.52. The average molecular weight is 171 g/mol. The van der Waals surface area contributed by atoms with Gasteiger partial charge in [0.1, 0.15) is 0 Å². The molecule has 1 aliphatic heterocycles. The lowest BCUT2D eigenvalue weighted by atomic mass is 10.1. The molecule has 0 amide bonds. The second-order valence-electron chi connectivity index (χ2n) is 3.73. The summed E-state index contributed by atoms with van der Waals surface area (Å²) in [5.74, 6) is -1.20. The van der Waals surface area contributed by atoms with Crippen LogP contribution in [0.2, 0.25) is 0 Å². The first-order chi connectivity index (χ1) is 5.70. The number of aliphatic carboxylic acids is 1. The van der Waals surface area contributed by atoms with Crippen LogP contribution in [0.4, 0.5) is 0 Å². The molecule has 70 valence electrons. The van der Waals surface area contributed by atoms with Crippen LogP contribution in [-0.4, -0.2) is 25.6 Å². The lowest BCUT2D eigenvalue weighted by Gasteiger charge is -2.26. The van der Waals surface area contributed by atoms with E-state index < -0.39 is 5.97 Å². The zero-order chi connectivity index (χ0) is 8.97. The standard InChI is InChI=1S/C9H17NO2/c1-8(9(11)12)7-10-5-3-2-4-6-10/h8H,2-7H2,1H3,(H,11,12)/t8-/m0/s1. The first-order valence-corrected chi connectivity index (χ1v) is 4.74. The van der Waals surface area contributed by atoms with E-state index in [-0.39, 0.29) is 5.92 Å². The molecule has 0 bridgehead atoms. The van der Waals surface area contributed by atoms with Gasteiger partial charge in [0.15, 0.2) is 0 Å². The Balaban J connectivity index is 2.24. The van der Waals surface area contributed by atoms with Crippen molar-refractivity contribution in [1.82, 2.24) is 0 Å². The van der Waals surface area contributed by atoms with Crippen LogP contribution in [-0.2, 0) is 4.79 Å². The molecule has 1 aliphatic rings. The molecule has 0 aromatic heterocycles. The fourth-order valence-electron chi connectivity index (χ4n) is 1.77. The molecule has 0 aromatic carbocycles. The number of hydrogen-bond donors (Lipinski definition) is 1. The van der Waals surface area contributed by atoms with Gasteiger partial charge in [0.05, 0.1) is 19.6 Å². The summed E-state index contributed by atoms with van der Waals surface area (Å²) in [6.07, 6.45) is 3.80. The van der Waals surface area contributed by atoms with E-state index in [4.69, 9.17) is 0 Å². The highest BCUT2D eigenvalue weighted by Crippen LogP contribution is 1.96. The van der Waals surface area contributed by atoms with Crippen molar-refractivity contribution < 1.29 is 14.8 Å². The van der Waals surface area contributed by atoms with Gasteiger partial charge < -0.3 is 14.8 Å². The number of rotatable bonds is 3. The monoisotopic (exact) mass is 171 g/mol. The number of carboxylic acid groups (broad SMARTS) is 1. The molecule has 3 nitrogen and oxygen atoms in total. The molecule has 0 aliphatic carbocycles. The minimum atomic E-state index is -0.909. The second kappa shape index (κ2) is 4.45. The maximum atomic E-state index is 10.4. The van der Waals surface area contributed by atoms with Crippen LogP contribution in [0.5, 0.6) is 0 Å². The Morgan fingerprint density at radius 1 is 1.42 bits per heavy atom. The zero-order valence-electron chi connectivity index (χ0n) is 7.64. The molecule has 1 atom stereocenters. The summed E-state index contributed by atoms with van der Waals surface area (Å²) >= 11 is 0. The van der Waals surface area contributed by atoms with Gasteiger partial charge in [0.25, 0.3) is 0 Å². The molecule has 1 saturated heterocycles. The molecule has 0 radical (unpaired) electrons. The Bertz CT molecular complexity index is 153. The molecule has 0 unspecified atom stereocenters. The fraction of sp³-hybridized carbons (Fsp3) is 0.889. The molecule has 0 spiro atoms. The van der Waals surface area contributed by atoms with E-state index in [0.717, 1.165) is 19.6 Å². The van der Waals surface area contributed by atoms with Crippen LogP contribution in [0.3, 0.4) is 0 Å². The molecule has 1 fully saturated rings. The van der Waals surface area contributed by atoms with Crippen LogP contribution in [0.15, 0.2) is 0 Å². The van der Waals surface area contributed by atoms with Crippen molar-refractivity contribution in [3.05, 3.63) is 0 Å². The van der Waals surface area contributed by atoms with E-state index in [9.17, 15) is 9.90 Å². The topological polar surface area (TPSA) is 44.6 Å². The third-order valence-corrected chi connectivity index (χ3v) is 2.56. The lowest BCUT2D eigenvalue weighted by Crippen LogP contribution is -3.13. The number of carbonyl (C=O) groups is 1. The van der Waals surface area contributed by atoms with Crippen molar-refractivity contribution in [2.24, 2.45) is 5.92 Å². The van der Waals surface area contributed by atoms with Gasteiger partial charge in [-0.1, -0.05) is 6.92 Å². The molecule has 1 N–H and O–H groups in total. The Labute approximate surface area is 73.4 Å². The number of carboxylic acids is 1. The molecular weight excluding hydrogens is 154 g/mol. The highest BCUT2D eigenvalue weighted by molar-refractivity contribution is 5.67. The number of hydrogen-bond acceptors (Lipinski definition) is 2. The van der Waals surface area contributed by atoms with Crippen molar-refractivity contribution >= 4 is 5.97 Å². The van der Waals surface area contributed by atoms with Crippen molar-refractivity contribution in [3.8, 4) is 0 Å². The van der Waals surface area contributed by atoms with Gasteiger partial charge in [-0.2, -0.15) is 0 Å². The predicted molar refractivity (Wildman–Crippen MR) is 43.6 cm³/mol. The average Bonchev–Trinajstić information content (AvgIpc) is 2.06. The van der Waals surface area contributed by atoms with E-state index in [1.54, 1.807) is 6.92 Å². The van der Waals surface area contributed by atoms with E-state index in [0.29, 0.717) is 0 Å². The summed E-state index contributed by atoms with van der Waals surface area (Å²) in [6, 6.07) is 0. The molecule has 12 heavy (non-hydrogen) atoms. The molecule has 3 heteroatoms. The third kappa shape index (κ3) is 2.81. The van der Waals surface area contributed by atoms with Crippen LogP contribution < -0.4 is 10.0 Å². The van der Waals surface area contributed by atoms with Gasteiger partial charge in [-0.3, -0.25) is 0 Å². The SMILES string of the molecule is C[C@@H](C[NH+]1CCCCC1)C(=O)[O-]. The highest BCUT2D eigenvalue weighted by Gasteiger charge is 2.16. The van der Waals surface area contributed by atoms with Gasteiger partial charge in [0.2, 0.25) is 0 Å². The van der Waals surface area contributed by atoms with Crippen molar-refractivity contribution in [3.63, 3.8) is 0 Å². The minimum absolute atomic E-state index is 0.293. The van der Waals surface area contributed by atoms with E-state index >= 15 is 0 Å². The summed E-state index contributed by atoms with van der Waals surface area (Å²) < 4.78 is 0. The minimum Gasteiger partial charge on any atom is -0.550 e. The van der Waals surface area contributed by atoms with Gasteiger partial charge >= 0.3 is 0 Å². The van der Waals surface area contributed by atoms with Gasteiger partial charge in [0, 0.05) is 11.9 Å². The van der Waals surface area contributed by atoms with Gasteiger partial charge in [-0.25, -0.2) is 0 Å². The first-order valence-electron chi connectivity index (χ1n) is 4.74. The summed E-state index contributed by atoms with van der Waals surface area (Å²) in [5.41, 5.74) is 0. The summed E-state index contributed by atoms with van der Waals surface area (Å²) in [6.45, 7) is 4.74. The highest BCUT2D eigenvalue weighted by atomic mass is 16.4. The van der Waals surface area contributed by atoms with E-state index in [1.165, 1.54) is 24.2 Å². The smallest absolute Gasteiger partial charge is 0.0849 e. The van der Waals surface area contributed by atoms with Gasteiger partial charge in [-0.15, -0.1) is 0 Å². The van der Waals surface area contributed by atoms with Crippen molar-refractivity contribution in [2.75, 3.05) is 19.6 Å². The number of carbonyl (C=O) groups excluding carboxylic acids is 1. The number of quaternary nitrogens is 1. The molecule has 0 aromatic rings. The lowest BCUT2D eigenvalue weighted by molar-refractivity contribution is -0.907. The van der Waals surface area contributed by atoms with Crippen LogP contribution in [0.1, 0.15) is 26.2 Å². The van der Waals surface area contributed by atoms with E-state index in [1.807, 2.05) is 0 Å². The quantitative estimate of drug-likeness (QED) is 0.558. The Morgan fingerprint density at radius 2 is 2.00 bits per heavy atom. The third-order valence-electron chi connectivity index (χ3n) is 2.56. The van der Waals surface area contributed by atoms with E-state index in [2.05, 4.69) is 0 Å². The number of nitrogens with one attached hydrogen (secondary N) is 1. The molecule has 1 rings (SSSR count). The predicted octanol–water partition coefficient (Wildman–Crippen LogP) is -1.56. The zero-order valence-corrected chi connectivity index (χ0v) is 7.64. The maximum Gasteiger partial charge on any atom is 0.0849 e.